The second-order valence-corrected chi connectivity index (χ2v) is 2.57. The number of pyridine rings is 1. The lowest BCUT2D eigenvalue weighted by Crippen LogP contribution is -2.22. The third kappa shape index (κ3) is 4.26. The van der Waals surface area contributed by atoms with Gasteiger partial charge in [-0.2, -0.15) is 0 Å². The van der Waals surface area contributed by atoms with Gasteiger partial charge >= 0.3 is 0 Å². The first-order chi connectivity index (χ1) is 6.20. The van der Waals surface area contributed by atoms with Gasteiger partial charge in [0.1, 0.15) is 0 Å². The van der Waals surface area contributed by atoms with Crippen molar-refractivity contribution in [3.05, 3.63) is 41.0 Å². The molecule has 1 aromatic rings. The SMILES string of the molecule is C=C(C)/C=c1/ccncc1=C.CC. The standard InChI is InChI=1S/C10H11N.C2H6/c1-8(2)6-10-4-5-11-7-9(10)3;1-2/h4-7H,1,3H2,2H3;1-2H3/b10-6-;. The van der Waals surface area contributed by atoms with Crippen molar-refractivity contribution in [3.8, 4) is 0 Å². The monoisotopic (exact) mass is 175 g/mol. The Kier molecular flexibility index (Phi) is 5.53. The van der Waals surface area contributed by atoms with Gasteiger partial charge in [-0.25, -0.2) is 0 Å². The van der Waals surface area contributed by atoms with Gasteiger partial charge < -0.3 is 0 Å². The van der Waals surface area contributed by atoms with Crippen LogP contribution in [0.15, 0.2) is 30.6 Å². The molecule has 1 aromatic heterocycles. The molecule has 0 amide bonds. The van der Waals surface area contributed by atoms with Gasteiger partial charge in [-0.05, 0) is 23.4 Å². The molecular weight excluding hydrogens is 158 g/mol. The van der Waals surface area contributed by atoms with Crippen molar-refractivity contribution < 1.29 is 0 Å². The summed E-state index contributed by atoms with van der Waals surface area (Å²) in [4.78, 5) is 3.94. The molecule has 70 valence electrons. The van der Waals surface area contributed by atoms with Crippen molar-refractivity contribution in [2.45, 2.75) is 20.8 Å². The quantitative estimate of drug-likeness (QED) is 0.635. The third-order valence-corrected chi connectivity index (χ3v) is 1.34. The first-order valence-corrected chi connectivity index (χ1v) is 4.46. The van der Waals surface area contributed by atoms with Crippen molar-refractivity contribution in [1.82, 2.24) is 4.98 Å². The third-order valence-electron chi connectivity index (χ3n) is 1.34. The summed E-state index contributed by atoms with van der Waals surface area (Å²) in [6.07, 6.45) is 5.49. The number of hydrogen-bond donors (Lipinski definition) is 0. The second-order valence-electron chi connectivity index (χ2n) is 2.57. The van der Waals surface area contributed by atoms with Crippen LogP contribution in [0.3, 0.4) is 0 Å². The van der Waals surface area contributed by atoms with E-state index in [-0.39, 0.29) is 0 Å². The summed E-state index contributed by atoms with van der Waals surface area (Å²) >= 11 is 0. The van der Waals surface area contributed by atoms with Gasteiger partial charge in [0.05, 0.1) is 0 Å². The molecule has 0 bridgehead atoms. The number of hydrogen-bond acceptors (Lipinski definition) is 1. The van der Waals surface area contributed by atoms with E-state index in [2.05, 4.69) is 18.1 Å². The van der Waals surface area contributed by atoms with E-state index in [1.165, 1.54) is 0 Å². The molecule has 0 saturated heterocycles. The predicted molar refractivity (Wildman–Crippen MR) is 59.6 cm³/mol. The fourth-order valence-electron chi connectivity index (χ4n) is 0.844. The van der Waals surface area contributed by atoms with Crippen LogP contribution in [-0.4, -0.2) is 4.98 Å². The maximum Gasteiger partial charge on any atom is 0.0340 e. The van der Waals surface area contributed by atoms with Crippen molar-refractivity contribution >= 4 is 12.7 Å². The highest BCUT2D eigenvalue weighted by Crippen LogP contribution is 1.84. The molecule has 0 aliphatic carbocycles. The Bertz CT molecular complexity index is 363. The Hall–Kier alpha value is -1.37. The Morgan fingerprint density at radius 3 is 2.54 bits per heavy atom. The Labute approximate surface area is 80.1 Å². The Balaban J connectivity index is 0.000000671. The van der Waals surface area contributed by atoms with Crippen LogP contribution < -0.4 is 10.4 Å². The minimum atomic E-state index is 0.940. The van der Waals surface area contributed by atoms with Crippen LogP contribution in [0.1, 0.15) is 20.8 Å². The summed E-state index contributed by atoms with van der Waals surface area (Å²) in [7, 11) is 0. The zero-order chi connectivity index (χ0) is 10.3. The van der Waals surface area contributed by atoms with E-state index in [4.69, 9.17) is 0 Å². The lowest BCUT2D eigenvalue weighted by Gasteiger charge is -1.87. The van der Waals surface area contributed by atoms with Gasteiger partial charge in [0.2, 0.25) is 0 Å². The summed E-state index contributed by atoms with van der Waals surface area (Å²) in [5, 5.41) is 2.03. The minimum Gasteiger partial charge on any atom is -0.264 e. The van der Waals surface area contributed by atoms with Crippen molar-refractivity contribution in [3.63, 3.8) is 0 Å². The van der Waals surface area contributed by atoms with E-state index in [1.54, 1.807) is 12.4 Å². The summed E-state index contributed by atoms with van der Waals surface area (Å²) in [5.41, 5.74) is 1.03. The largest absolute Gasteiger partial charge is 0.264 e. The van der Waals surface area contributed by atoms with E-state index < -0.39 is 0 Å². The summed E-state index contributed by atoms with van der Waals surface area (Å²) in [6.45, 7) is 13.6. The summed E-state index contributed by atoms with van der Waals surface area (Å²) in [6, 6.07) is 1.93. The molecule has 1 heteroatoms. The van der Waals surface area contributed by atoms with Crippen molar-refractivity contribution in [1.29, 1.82) is 0 Å². The molecule has 0 N–H and O–H groups in total. The van der Waals surface area contributed by atoms with Crippen LogP contribution in [0, 0.1) is 0 Å². The molecule has 0 saturated carbocycles. The molecule has 0 aromatic carbocycles. The van der Waals surface area contributed by atoms with Crippen LogP contribution in [-0.2, 0) is 0 Å². The number of aromatic nitrogens is 1. The number of rotatable bonds is 1. The van der Waals surface area contributed by atoms with Gasteiger partial charge in [-0.1, -0.05) is 38.7 Å². The molecular formula is C12H17N. The molecule has 1 heterocycles. The van der Waals surface area contributed by atoms with Gasteiger partial charge in [0, 0.05) is 12.4 Å². The molecule has 0 unspecified atom stereocenters. The van der Waals surface area contributed by atoms with E-state index in [0.717, 1.165) is 16.0 Å². The minimum absolute atomic E-state index is 0.940. The zero-order valence-electron chi connectivity index (χ0n) is 8.67. The molecule has 1 nitrogen and oxygen atoms in total. The highest BCUT2D eigenvalue weighted by molar-refractivity contribution is 5.43. The molecule has 0 spiro atoms. The average molecular weight is 175 g/mol. The van der Waals surface area contributed by atoms with Gasteiger partial charge in [0.25, 0.3) is 0 Å². The Morgan fingerprint density at radius 2 is 2.08 bits per heavy atom. The van der Waals surface area contributed by atoms with E-state index >= 15 is 0 Å². The van der Waals surface area contributed by atoms with Crippen LogP contribution >= 0.6 is 0 Å². The van der Waals surface area contributed by atoms with Gasteiger partial charge in [-0.15, -0.1) is 0 Å². The highest BCUT2D eigenvalue weighted by Gasteiger charge is 1.80. The number of allylic oxidation sites excluding steroid dienone is 1. The van der Waals surface area contributed by atoms with Gasteiger partial charge in [-0.3, -0.25) is 4.98 Å². The summed E-state index contributed by atoms with van der Waals surface area (Å²) < 4.78 is 0. The van der Waals surface area contributed by atoms with Crippen LogP contribution in [0.5, 0.6) is 0 Å². The second kappa shape index (κ2) is 6.18. The van der Waals surface area contributed by atoms with Gasteiger partial charge in [0.15, 0.2) is 0 Å². The molecule has 0 radical (unpaired) electrons. The van der Waals surface area contributed by atoms with E-state index in [1.807, 2.05) is 32.9 Å². The van der Waals surface area contributed by atoms with E-state index in [0.29, 0.717) is 0 Å². The first-order valence-electron chi connectivity index (χ1n) is 4.46. The fraction of sp³-hybridized carbons (Fsp3) is 0.250. The topological polar surface area (TPSA) is 12.9 Å². The Morgan fingerprint density at radius 1 is 1.46 bits per heavy atom. The number of nitrogens with zero attached hydrogens (tertiary/aromatic N) is 1. The molecule has 0 aliphatic heterocycles. The van der Waals surface area contributed by atoms with Crippen molar-refractivity contribution in [2.75, 3.05) is 0 Å². The molecule has 0 fully saturated rings. The van der Waals surface area contributed by atoms with Crippen molar-refractivity contribution in [2.24, 2.45) is 0 Å². The van der Waals surface area contributed by atoms with Crippen LogP contribution in [0.25, 0.3) is 12.7 Å². The predicted octanol–water partition coefficient (Wildman–Crippen LogP) is 1.87. The van der Waals surface area contributed by atoms with Crippen LogP contribution in [0.4, 0.5) is 0 Å². The molecule has 0 aliphatic rings. The molecule has 0 atom stereocenters. The highest BCUT2D eigenvalue weighted by atomic mass is 14.6. The van der Waals surface area contributed by atoms with E-state index in [9.17, 15) is 0 Å². The fourth-order valence-corrected chi connectivity index (χ4v) is 0.844. The maximum atomic E-state index is 3.94. The first kappa shape index (κ1) is 11.6. The lowest BCUT2D eigenvalue weighted by atomic mass is 10.2. The zero-order valence-corrected chi connectivity index (χ0v) is 8.67. The molecule has 13 heavy (non-hydrogen) atoms. The lowest BCUT2D eigenvalue weighted by molar-refractivity contribution is 1.28. The smallest absolute Gasteiger partial charge is 0.0340 e. The normalized spacial score (nSPS) is 10.2. The average Bonchev–Trinajstić information content (AvgIpc) is 2.12. The summed E-state index contributed by atoms with van der Waals surface area (Å²) in [5.74, 6) is 0. The maximum absolute atomic E-state index is 3.94. The van der Waals surface area contributed by atoms with Crippen LogP contribution in [0.2, 0.25) is 0 Å². The molecule has 1 rings (SSSR count).